The molecule has 1 N–H and O–H groups in total. The average Bonchev–Trinajstić information content (AvgIpc) is 2.61. The molecular weight excluding hydrogens is 290 g/mol. The van der Waals surface area contributed by atoms with Gasteiger partial charge in [0.2, 0.25) is 5.91 Å². The summed E-state index contributed by atoms with van der Waals surface area (Å²) >= 11 is 0. The van der Waals surface area contributed by atoms with Gasteiger partial charge in [-0.1, -0.05) is 25.1 Å². The summed E-state index contributed by atoms with van der Waals surface area (Å²) in [6.45, 7) is 5.75. The molecule has 0 aromatic heterocycles. The first-order valence-electron chi connectivity index (χ1n) is 8.43. The van der Waals surface area contributed by atoms with Gasteiger partial charge in [-0.25, -0.2) is 0 Å². The third-order valence-corrected chi connectivity index (χ3v) is 4.61. The summed E-state index contributed by atoms with van der Waals surface area (Å²) in [6, 6.07) is 9.40. The maximum absolute atomic E-state index is 12.3. The van der Waals surface area contributed by atoms with Crippen molar-refractivity contribution in [3.8, 4) is 0 Å². The number of hydrogen-bond acceptors (Lipinski definition) is 3. The molecule has 0 bridgehead atoms. The van der Waals surface area contributed by atoms with E-state index in [1.807, 2.05) is 30.1 Å². The van der Waals surface area contributed by atoms with Crippen molar-refractivity contribution >= 4 is 11.8 Å². The summed E-state index contributed by atoms with van der Waals surface area (Å²) < 4.78 is 0. The second-order valence-electron chi connectivity index (χ2n) is 6.04. The van der Waals surface area contributed by atoms with E-state index < -0.39 is 0 Å². The first-order valence-corrected chi connectivity index (χ1v) is 8.43. The number of hydrogen-bond donors (Lipinski definition) is 1. The first kappa shape index (κ1) is 17.5. The Kier molecular flexibility index (Phi) is 6.59. The molecule has 1 fully saturated rings. The Bertz CT molecular complexity index is 510. The smallest absolute Gasteiger partial charge is 0.251 e. The van der Waals surface area contributed by atoms with Crippen LogP contribution in [0, 0.1) is 0 Å². The van der Waals surface area contributed by atoms with E-state index in [1.54, 1.807) is 12.1 Å². The van der Waals surface area contributed by atoms with Crippen LogP contribution in [0.2, 0.25) is 0 Å². The fourth-order valence-corrected chi connectivity index (χ4v) is 2.98. The molecule has 1 aromatic carbocycles. The number of amides is 2. The minimum atomic E-state index is -0.127. The van der Waals surface area contributed by atoms with E-state index in [4.69, 9.17) is 0 Å². The molecule has 0 atom stereocenters. The van der Waals surface area contributed by atoms with Crippen LogP contribution >= 0.6 is 0 Å². The standard InChI is InChI=1S/C18H27N3O2/c1-3-21-13-10-16(11-14-21)20(2)17(22)9-12-19-18(23)15-7-5-4-6-8-15/h4-8,16H,3,9-14H2,1-2H3,(H,19,23). The van der Waals surface area contributed by atoms with Crippen molar-refractivity contribution in [2.45, 2.75) is 32.2 Å². The summed E-state index contributed by atoms with van der Waals surface area (Å²) in [5.41, 5.74) is 0.625. The van der Waals surface area contributed by atoms with Crippen molar-refractivity contribution in [1.29, 1.82) is 0 Å². The Morgan fingerprint density at radius 1 is 1.22 bits per heavy atom. The van der Waals surface area contributed by atoms with Crippen molar-refractivity contribution in [2.75, 3.05) is 33.2 Å². The molecule has 23 heavy (non-hydrogen) atoms. The van der Waals surface area contributed by atoms with Crippen molar-refractivity contribution in [2.24, 2.45) is 0 Å². The number of carbonyl (C=O) groups is 2. The number of piperidine rings is 1. The van der Waals surface area contributed by atoms with Crippen LogP contribution in [-0.4, -0.2) is 60.9 Å². The van der Waals surface area contributed by atoms with Crippen LogP contribution in [0.15, 0.2) is 30.3 Å². The van der Waals surface area contributed by atoms with Crippen LogP contribution in [0.4, 0.5) is 0 Å². The van der Waals surface area contributed by atoms with Gasteiger partial charge in [-0.15, -0.1) is 0 Å². The first-order chi connectivity index (χ1) is 11.1. The molecule has 0 unspecified atom stereocenters. The van der Waals surface area contributed by atoms with Gasteiger partial charge in [0.15, 0.2) is 0 Å². The lowest BCUT2D eigenvalue weighted by atomic mass is 10.0. The van der Waals surface area contributed by atoms with E-state index in [0.717, 1.165) is 32.5 Å². The number of carbonyl (C=O) groups excluding carboxylic acids is 2. The Labute approximate surface area is 138 Å². The van der Waals surface area contributed by atoms with Crippen LogP contribution in [0.5, 0.6) is 0 Å². The molecule has 2 rings (SSSR count). The van der Waals surface area contributed by atoms with Crippen molar-refractivity contribution in [3.63, 3.8) is 0 Å². The molecular formula is C18H27N3O2. The highest BCUT2D eigenvalue weighted by Crippen LogP contribution is 2.15. The molecule has 0 radical (unpaired) electrons. The van der Waals surface area contributed by atoms with Crippen LogP contribution < -0.4 is 5.32 Å². The normalized spacial score (nSPS) is 16.1. The molecule has 1 saturated heterocycles. The Hall–Kier alpha value is -1.88. The van der Waals surface area contributed by atoms with Crippen LogP contribution in [0.3, 0.4) is 0 Å². The fraction of sp³-hybridized carbons (Fsp3) is 0.556. The van der Waals surface area contributed by atoms with Crippen molar-refractivity contribution in [1.82, 2.24) is 15.1 Å². The molecule has 2 amide bonds. The average molecular weight is 317 g/mol. The third-order valence-electron chi connectivity index (χ3n) is 4.61. The van der Waals surface area contributed by atoms with Gasteiger partial charge in [-0.05, 0) is 31.5 Å². The lowest BCUT2D eigenvalue weighted by Crippen LogP contribution is -2.46. The van der Waals surface area contributed by atoms with Gasteiger partial charge in [0.05, 0.1) is 0 Å². The molecule has 0 aliphatic carbocycles. The largest absolute Gasteiger partial charge is 0.352 e. The van der Waals surface area contributed by atoms with Gasteiger partial charge in [0, 0.05) is 44.7 Å². The topological polar surface area (TPSA) is 52.6 Å². The molecule has 0 spiro atoms. The summed E-state index contributed by atoms with van der Waals surface area (Å²) in [6.07, 6.45) is 2.42. The third kappa shape index (κ3) is 5.06. The summed E-state index contributed by atoms with van der Waals surface area (Å²) in [5, 5.41) is 2.81. The molecule has 0 saturated carbocycles. The van der Waals surface area contributed by atoms with Gasteiger partial charge >= 0.3 is 0 Å². The van der Waals surface area contributed by atoms with Crippen molar-refractivity contribution < 1.29 is 9.59 Å². The second kappa shape index (κ2) is 8.67. The maximum atomic E-state index is 12.3. The lowest BCUT2D eigenvalue weighted by molar-refractivity contribution is -0.132. The van der Waals surface area contributed by atoms with Crippen LogP contribution in [0.1, 0.15) is 36.5 Å². The van der Waals surface area contributed by atoms with E-state index in [-0.39, 0.29) is 11.8 Å². The minimum Gasteiger partial charge on any atom is -0.352 e. The lowest BCUT2D eigenvalue weighted by Gasteiger charge is -2.36. The highest BCUT2D eigenvalue weighted by molar-refractivity contribution is 5.94. The molecule has 1 aliphatic heterocycles. The molecule has 5 heteroatoms. The Morgan fingerprint density at radius 2 is 1.87 bits per heavy atom. The minimum absolute atomic E-state index is 0.105. The monoisotopic (exact) mass is 317 g/mol. The summed E-state index contributed by atoms with van der Waals surface area (Å²) in [7, 11) is 1.88. The highest BCUT2D eigenvalue weighted by Gasteiger charge is 2.24. The van der Waals surface area contributed by atoms with Gasteiger partial charge in [-0.2, -0.15) is 0 Å². The van der Waals surface area contributed by atoms with E-state index in [9.17, 15) is 9.59 Å². The molecule has 1 aromatic rings. The second-order valence-corrected chi connectivity index (χ2v) is 6.04. The number of likely N-dealkylation sites (tertiary alicyclic amines) is 1. The van der Waals surface area contributed by atoms with E-state index in [2.05, 4.69) is 17.1 Å². The predicted octanol–water partition coefficient (Wildman–Crippen LogP) is 1.75. The van der Waals surface area contributed by atoms with Crippen LogP contribution in [-0.2, 0) is 4.79 Å². The zero-order valence-electron chi connectivity index (χ0n) is 14.1. The number of benzene rings is 1. The SMILES string of the molecule is CCN1CCC(N(C)C(=O)CCNC(=O)c2ccccc2)CC1. The van der Waals surface area contributed by atoms with Gasteiger partial charge in [0.1, 0.15) is 0 Å². The quantitative estimate of drug-likeness (QED) is 0.870. The predicted molar refractivity (Wildman–Crippen MR) is 91.3 cm³/mol. The molecule has 5 nitrogen and oxygen atoms in total. The van der Waals surface area contributed by atoms with E-state index >= 15 is 0 Å². The Morgan fingerprint density at radius 3 is 2.48 bits per heavy atom. The number of nitrogens with zero attached hydrogens (tertiary/aromatic N) is 2. The summed E-state index contributed by atoms with van der Waals surface area (Å²) in [4.78, 5) is 28.5. The van der Waals surface area contributed by atoms with Gasteiger partial charge in [-0.3, -0.25) is 9.59 Å². The zero-order chi connectivity index (χ0) is 16.7. The molecule has 126 valence electrons. The number of rotatable bonds is 6. The number of nitrogens with one attached hydrogen (secondary N) is 1. The highest BCUT2D eigenvalue weighted by atomic mass is 16.2. The zero-order valence-corrected chi connectivity index (χ0v) is 14.1. The van der Waals surface area contributed by atoms with Crippen LogP contribution in [0.25, 0.3) is 0 Å². The molecule has 1 heterocycles. The fourth-order valence-electron chi connectivity index (χ4n) is 2.98. The van der Waals surface area contributed by atoms with E-state index in [1.165, 1.54) is 0 Å². The van der Waals surface area contributed by atoms with Gasteiger partial charge in [0.25, 0.3) is 5.91 Å². The maximum Gasteiger partial charge on any atom is 0.251 e. The van der Waals surface area contributed by atoms with Gasteiger partial charge < -0.3 is 15.1 Å². The van der Waals surface area contributed by atoms with Crippen molar-refractivity contribution in [3.05, 3.63) is 35.9 Å². The van der Waals surface area contributed by atoms with E-state index in [0.29, 0.717) is 24.6 Å². The summed E-state index contributed by atoms with van der Waals surface area (Å²) in [5.74, 6) is -0.0226. The Balaban J connectivity index is 1.71. The molecule has 1 aliphatic rings.